The number of carbonyl (C=O) groups is 1. The van der Waals surface area contributed by atoms with Crippen LogP contribution in [0.4, 0.5) is 5.69 Å². The fraction of sp³-hybridized carbons (Fsp3) is 0.0500. The molecule has 26 heavy (non-hydrogen) atoms. The number of nitrogens with zero attached hydrogens (tertiary/aromatic N) is 2. The Balaban J connectivity index is 1.70. The number of para-hydroxylation sites is 1. The van der Waals surface area contributed by atoms with Gasteiger partial charge < -0.3 is 14.3 Å². The number of rotatable bonds is 3. The second-order valence-corrected chi connectivity index (χ2v) is 5.86. The molecule has 1 N–H and O–H groups in total. The molecule has 0 aliphatic carbocycles. The minimum atomic E-state index is -0.649. The second kappa shape index (κ2) is 6.33. The van der Waals surface area contributed by atoms with E-state index in [0.717, 1.165) is 11.1 Å². The highest BCUT2D eigenvalue weighted by atomic mass is 16.4. The van der Waals surface area contributed by atoms with Crippen LogP contribution in [-0.4, -0.2) is 15.5 Å². The predicted molar refractivity (Wildman–Crippen MR) is 98.7 cm³/mol. The van der Waals surface area contributed by atoms with Crippen LogP contribution in [0, 0.1) is 6.92 Å². The van der Waals surface area contributed by atoms with E-state index in [2.05, 4.69) is 10.3 Å². The summed E-state index contributed by atoms with van der Waals surface area (Å²) in [7, 11) is 0. The third kappa shape index (κ3) is 2.77. The third-order valence-corrected chi connectivity index (χ3v) is 4.21. The summed E-state index contributed by atoms with van der Waals surface area (Å²) in [5.41, 5.74) is 1.85. The number of anilines is 1. The average Bonchev–Trinajstić information content (AvgIpc) is 3.17. The van der Waals surface area contributed by atoms with Crippen molar-refractivity contribution in [3.05, 3.63) is 88.8 Å². The van der Waals surface area contributed by atoms with Crippen molar-refractivity contribution in [1.29, 1.82) is 0 Å². The highest BCUT2D eigenvalue weighted by Gasteiger charge is 2.18. The molecule has 0 radical (unpaired) electrons. The van der Waals surface area contributed by atoms with Gasteiger partial charge in [-0.3, -0.25) is 4.79 Å². The van der Waals surface area contributed by atoms with E-state index in [4.69, 9.17) is 4.42 Å². The number of aryl methyl sites for hydroxylation is 1. The summed E-state index contributed by atoms with van der Waals surface area (Å²) in [6.45, 7) is 1.75. The average molecular weight is 345 g/mol. The molecule has 2 heterocycles. The van der Waals surface area contributed by atoms with Crippen LogP contribution in [0.5, 0.6) is 0 Å². The van der Waals surface area contributed by atoms with E-state index in [1.54, 1.807) is 43.7 Å². The van der Waals surface area contributed by atoms with Crippen LogP contribution in [-0.2, 0) is 0 Å². The molecule has 0 saturated carbocycles. The standard InChI is InChI=1S/C20H15N3O3/c1-13-16-7-2-3-8-17(16)26-20(25)18(13)19(24)22-14-5-4-6-15(11-14)23-10-9-21-12-23/h2-12H,1H3,(H,22,24). The van der Waals surface area contributed by atoms with Crippen molar-refractivity contribution < 1.29 is 9.21 Å². The molecule has 0 spiro atoms. The molecule has 0 atom stereocenters. The number of fused-ring (bicyclic) bond motifs is 1. The Hall–Kier alpha value is -3.67. The highest BCUT2D eigenvalue weighted by Crippen LogP contribution is 2.20. The molecule has 4 aromatic rings. The number of nitrogens with one attached hydrogen (secondary N) is 1. The molecule has 0 aliphatic heterocycles. The zero-order valence-corrected chi connectivity index (χ0v) is 14.0. The van der Waals surface area contributed by atoms with Crippen molar-refractivity contribution in [3.63, 3.8) is 0 Å². The first-order valence-corrected chi connectivity index (χ1v) is 8.05. The maximum Gasteiger partial charge on any atom is 0.349 e. The first-order valence-electron chi connectivity index (χ1n) is 8.05. The predicted octanol–water partition coefficient (Wildman–Crippen LogP) is 3.54. The number of carbonyl (C=O) groups excluding carboxylic acids is 1. The zero-order valence-electron chi connectivity index (χ0n) is 14.0. The summed E-state index contributed by atoms with van der Waals surface area (Å²) in [5.74, 6) is -0.496. The summed E-state index contributed by atoms with van der Waals surface area (Å²) >= 11 is 0. The van der Waals surface area contributed by atoms with Crippen molar-refractivity contribution in [2.75, 3.05) is 5.32 Å². The molecule has 0 bridgehead atoms. The van der Waals surface area contributed by atoms with E-state index in [-0.39, 0.29) is 5.56 Å². The van der Waals surface area contributed by atoms with Gasteiger partial charge in [0.15, 0.2) is 0 Å². The molecule has 6 heteroatoms. The molecular formula is C20H15N3O3. The zero-order chi connectivity index (χ0) is 18.1. The number of amides is 1. The van der Waals surface area contributed by atoms with Crippen molar-refractivity contribution >= 4 is 22.6 Å². The number of hydrogen-bond acceptors (Lipinski definition) is 4. The van der Waals surface area contributed by atoms with Crippen molar-refractivity contribution in [2.45, 2.75) is 6.92 Å². The van der Waals surface area contributed by atoms with E-state index < -0.39 is 11.5 Å². The Morgan fingerprint density at radius 1 is 1.15 bits per heavy atom. The second-order valence-electron chi connectivity index (χ2n) is 5.86. The fourth-order valence-electron chi connectivity index (χ4n) is 2.92. The van der Waals surface area contributed by atoms with Gasteiger partial charge in [-0.05, 0) is 36.8 Å². The normalized spacial score (nSPS) is 10.8. The maximum absolute atomic E-state index is 12.7. The Kier molecular flexibility index (Phi) is 3.85. The molecule has 0 saturated heterocycles. The van der Waals surface area contributed by atoms with Crippen molar-refractivity contribution in [3.8, 4) is 5.69 Å². The Morgan fingerprint density at radius 2 is 2.00 bits per heavy atom. The lowest BCUT2D eigenvalue weighted by molar-refractivity contribution is 0.102. The van der Waals surface area contributed by atoms with Crippen molar-refractivity contribution in [2.24, 2.45) is 0 Å². The van der Waals surface area contributed by atoms with Crippen LogP contribution in [0.15, 0.2) is 76.5 Å². The van der Waals surface area contributed by atoms with Gasteiger partial charge in [0, 0.05) is 29.2 Å². The molecule has 2 aromatic carbocycles. The summed E-state index contributed by atoms with van der Waals surface area (Å²) < 4.78 is 7.11. The number of hydrogen-bond donors (Lipinski definition) is 1. The molecule has 0 aliphatic rings. The molecule has 4 rings (SSSR count). The Bertz CT molecular complexity index is 1160. The molecule has 1 amide bonds. The first kappa shape index (κ1) is 15.8. The molecular weight excluding hydrogens is 330 g/mol. The van der Waals surface area contributed by atoms with E-state index in [9.17, 15) is 9.59 Å². The van der Waals surface area contributed by atoms with Gasteiger partial charge in [0.2, 0.25) is 0 Å². The molecule has 2 aromatic heterocycles. The minimum absolute atomic E-state index is 0.0109. The SMILES string of the molecule is Cc1c(C(=O)Nc2cccc(-n3ccnc3)c2)c(=O)oc2ccccc12. The molecule has 6 nitrogen and oxygen atoms in total. The summed E-state index contributed by atoms with van der Waals surface area (Å²) in [4.78, 5) is 29.0. The van der Waals surface area contributed by atoms with Gasteiger partial charge >= 0.3 is 5.63 Å². The van der Waals surface area contributed by atoms with Gasteiger partial charge in [-0.15, -0.1) is 0 Å². The maximum atomic E-state index is 12.7. The van der Waals surface area contributed by atoms with Crippen LogP contribution in [0.2, 0.25) is 0 Å². The van der Waals surface area contributed by atoms with E-state index >= 15 is 0 Å². The van der Waals surface area contributed by atoms with E-state index in [1.807, 2.05) is 35.0 Å². The summed E-state index contributed by atoms with van der Waals surface area (Å²) in [6, 6.07) is 14.4. The van der Waals surface area contributed by atoms with Gasteiger partial charge in [0.25, 0.3) is 5.91 Å². The lowest BCUT2D eigenvalue weighted by Gasteiger charge is -2.10. The van der Waals surface area contributed by atoms with Crippen LogP contribution in [0.1, 0.15) is 15.9 Å². The Labute approximate surface area is 148 Å². The van der Waals surface area contributed by atoms with Gasteiger partial charge in [-0.25, -0.2) is 9.78 Å². The van der Waals surface area contributed by atoms with Crippen molar-refractivity contribution in [1.82, 2.24) is 9.55 Å². The lowest BCUT2D eigenvalue weighted by Crippen LogP contribution is -2.22. The van der Waals surface area contributed by atoms with E-state index in [0.29, 0.717) is 16.8 Å². The topological polar surface area (TPSA) is 77.1 Å². The lowest BCUT2D eigenvalue weighted by atomic mass is 10.1. The fourth-order valence-corrected chi connectivity index (χ4v) is 2.92. The van der Waals surface area contributed by atoms with Crippen LogP contribution in [0.3, 0.4) is 0 Å². The number of aromatic nitrogens is 2. The smallest absolute Gasteiger partial charge is 0.349 e. The number of imidazole rings is 1. The van der Waals surface area contributed by atoms with Gasteiger partial charge in [-0.1, -0.05) is 24.3 Å². The Morgan fingerprint density at radius 3 is 2.81 bits per heavy atom. The van der Waals surface area contributed by atoms with Crippen LogP contribution < -0.4 is 10.9 Å². The third-order valence-electron chi connectivity index (χ3n) is 4.21. The minimum Gasteiger partial charge on any atom is -0.422 e. The molecule has 0 unspecified atom stereocenters. The van der Waals surface area contributed by atoms with Gasteiger partial charge in [0.1, 0.15) is 11.1 Å². The monoisotopic (exact) mass is 345 g/mol. The largest absolute Gasteiger partial charge is 0.422 e. The van der Waals surface area contributed by atoms with Crippen LogP contribution in [0.25, 0.3) is 16.7 Å². The van der Waals surface area contributed by atoms with E-state index in [1.165, 1.54) is 0 Å². The quantitative estimate of drug-likeness (QED) is 0.576. The highest BCUT2D eigenvalue weighted by molar-refractivity contribution is 6.07. The summed E-state index contributed by atoms with van der Waals surface area (Å²) in [5, 5.41) is 3.51. The van der Waals surface area contributed by atoms with Gasteiger partial charge in [0.05, 0.1) is 6.33 Å². The van der Waals surface area contributed by atoms with Crippen LogP contribution >= 0.6 is 0 Å². The van der Waals surface area contributed by atoms with Gasteiger partial charge in [-0.2, -0.15) is 0 Å². The molecule has 128 valence electrons. The molecule has 0 fully saturated rings. The first-order chi connectivity index (χ1) is 12.6. The summed E-state index contributed by atoms with van der Waals surface area (Å²) in [6.07, 6.45) is 5.15. The number of benzene rings is 2.